The molecule has 3 amide bonds. The molecule has 0 unspecified atom stereocenters. The van der Waals surface area contributed by atoms with Gasteiger partial charge in [-0.2, -0.15) is 0 Å². The molecule has 0 spiro atoms. The highest BCUT2D eigenvalue weighted by Gasteiger charge is 2.57. The van der Waals surface area contributed by atoms with Gasteiger partial charge in [-0.25, -0.2) is 4.79 Å². The Hall–Kier alpha value is -4.07. The van der Waals surface area contributed by atoms with Crippen molar-refractivity contribution in [2.75, 3.05) is 6.54 Å². The summed E-state index contributed by atoms with van der Waals surface area (Å²) in [4.78, 5) is 56.3. The number of aromatic nitrogens is 1. The highest BCUT2D eigenvalue weighted by atomic mass is 16.5. The van der Waals surface area contributed by atoms with Crippen molar-refractivity contribution in [2.45, 2.75) is 77.9 Å². The molecule has 5 aliphatic rings. The van der Waals surface area contributed by atoms with Gasteiger partial charge < -0.3 is 10.1 Å². The first-order chi connectivity index (χ1) is 21.6. The molecule has 2 saturated carbocycles. The maximum absolute atomic E-state index is 13.1. The third-order valence-electron chi connectivity index (χ3n) is 11.8. The molecular formula is C37H41N3O5. The molecule has 1 aromatic carbocycles. The van der Waals surface area contributed by atoms with Crippen LogP contribution < -0.4 is 5.32 Å². The van der Waals surface area contributed by atoms with E-state index in [2.05, 4.69) is 42.4 Å². The minimum Gasteiger partial charge on any atom is -0.461 e. The van der Waals surface area contributed by atoms with Gasteiger partial charge in [0, 0.05) is 18.8 Å². The summed E-state index contributed by atoms with van der Waals surface area (Å²) in [7, 11) is 0. The van der Waals surface area contributed by atoms with Crippen LogP contribution in [0.15, 0.2) is 66.5 Å². The molecule has 2 fully saturated rings. The lowest BCUT2D eigenvalue weighted by Crippen LogP contribution is -2.50. The largest absolute Gasteiger partial charge is 0.461 e. The van der Waals surface area contributed by atoms with Gasteiger partial charge in [0.05, 0.1) is 11.1 Å². The number of nitrogens with one attached hydrogen (secondary N) is 1. The second-order valence-electron chi connectivity index (χ2n) is 14.1. The zero-order chi connectivity index (χ0) is 31.5. The maximum atomic E-state index is 13.1. The summed E-state index contributed by atoms with van der Waals surface area (Å²) < 4.78 is 5.94. The Morgan fingerprint density at radius 2 is 1.71 bits per heavy atom. The normalized spacial score (nSPS) is 32.4. The molecule has 1 aliphatic heterocycles. The van der Waals surface area contributed by atoms with Crippen molar-refractivity contribution in [1.29, 1.82) is 0 Å². The van der Waals surface area contributed by atoms with Crippen molar-refractivity contribution >= 4 is 29.3 Å². The zero-order valence-electron chi connectivity index (χ0n) is 26.3. The van der Waals surface area contributed by atoms with Crippen LogP contribution in [0.3, 0.4) is 0 Å². The lowest BCUT2D eigenvalue weighted by molar-refractivity contribution is -0.154. The minimum absolute atomic E-state index is 0.108. The molecule has 45 heavy (non-hydrogen) atoms. The van der Waals surface area contributed by atoms with Gasteiger partial charge in [0.1, 0.15) is 18.7 Å². The van der Waals surface area contributed by atoms with Gasteiger partial charge in [-0.3, -0.25) is 24.3 Å². The van der Waals surface area contributed by atoms with Crippen molar-refractivity contribution in [3.63, 3.8) is 0 Å². The fourth-order valence-corrected chi connectivity index (χ4v) is 9.40. The molecular weight excluding hydrogens is 566 g/mol. The number of carbonyl (C=O) groups excluding carboxylic acids is 4. The van der Waals surface area contributed by atoms with Gasteiger partial charge >= 0.3 is 5.97 Å². The lowest BCUT2D eigenvalue weighted by Gasteiger charge is -2.57. The van der Waals surface area contributed by atoms with E-state index in [1.54, 1.807) is 31.2 Å². The summed E-state index contributed by atoms with van der Waals surface area (Å²) in [6.07, 6.45) is 15.6. The third kappa shape index (κ3) is 4.84. The Morgan fingerprint density at radius 3 is 2.42 bits per heavy atom. The van der Waals surface area contributed by atoms with Crippen LogP contribution in [-0.2, 0) is 14.3 Å². The number of hydrogen-bond acceptors (Lipinski definition) is 6. The van der Waals surface area contributed by atoms with Gasteiger partial charge in [-0.1, -0.05) is 49.8 Å². The van der Waals surface area contributed by atoms with E-state index in [4.69, 9.17) is 4.74 Å². The molecule has 4 aliphatic carbocycles. The van der Waals surface area contributed by atoms with Gasteiger partial charge in [-0.05, 0) is 103 Å². The summed E-state index contributed by atoms with van der Waals surface area (Å²) in [5.41, 5.74) is 5.00. The monoisotopic (exact) mass is 607 g/mol. The summed E-state index contributed by atoms with van der Waals surface area (Å²) in [6, 6.07) is 9.83. The number of imide groups is 1. The van der Waals surface area contributed by atoms with Crippen LogP contribution in [0.25, 0.3) is 5.57 Å². The van der Waals surface area contributed by atoms with E-state index in [1.165, 1.54) is 29.6 Å². The van der Waals surface area contributed by atoms with Crippen LogP contribution >= 0.6 is 0 Å². The molecule has 1 N–H and O–H groups in total. The fraction of sp³-hybridized carbons (Fsp3) is 0.486. The molecule has 7 rings (SSSR count). The van der Waals surface area contributed by atoms with Crippen molar-refractivity contribution in [3.8, 4) is 0 Å². The molecule has 8 nitrogen and oxygen atoms in total. The number of nitrogens with zero attached hydrogens (tertiary/aromatic N) is 2. The maximum Gasteiger partial charge on any atom is 0.328 e. The predicted octanol–water partition coefficient (Wildman–Crippen LogP) is 5.75. The summed E-state index contributed by atoms with van der Waals surface area (Å²) in [5.74, 6) is -0.203. The number of ether oxygens (including phenoxy) is 1. The van der Waals surface area contributed by atoms with E-state index in [0.717, 1.165) is 37.0 Å². The number of allylic oxidation sites excluding steroid dienone is 3. The van der Waals surface area contributed by atoms with Gasteiger partial charge in [0.25, 0.3) is 11.8 Å². The molecule has 7 atom stereocenters. The number of amides is 3. The number of pyridine rings is 1. The predicted molar refractivity (Wildman–Crippen MR) is 169 cm³/mol. The van der Waals surface area contributed by atoms with Crippen LogP contribution in [0.2, 0.25) is 0 Å². The quantitative estimate of drug-likeness (QED) is 0.255. The SMILES string of the molecule is C[C@H](NC(=O)CN1C(=O)c2ccccc2C1=O)C(=O)O[C@H]1CC[C@@]2(C)C(=CC[C@@H]3[C@@H]2CC[C@]2(C)C(c4cccnc4)=CC[C@@H]32)C1. The molecule has 0 radical (unpaired) electrons. The van der Waals surface area contributed by atoms with Crippen molar-refractivity contribution < 1.29 is 23.9 Å². The highest BCUT2D eigenvalue weighted by molar-refractivity contribution is 6.22. The van der Waals surface area contributed by atoms with E-state index in [0.29, 0.717) is 17.8 Å². The smallest absolute Gasteiger partial charge is 0.328 e. The Kier molecular flexibility index (Phi) is 7.29. The average molecular weight is 608 g/mol. The Labute approximate surface area is 264 Å². The zero-order valence-corrected chi connectivity index (χ0v) is 26.3. The number of rotatable bonds is 6. The van der Waals surface area contributed by atoms with E-state index < -0.39 is 36.3 Å². The first-order valence-corrected chi connectivity index (χ1v) is 16.4. The van der Waals surface area contributed by atoms with Crippen molar-refractivity contribution in [2.24, 2.45) is 28.6 Å². The van der Waals surface area contributed by atoms with Crippen LogP contribution in [0, 0.1) is 28.6 Å². The first kappa shape index (κ1) is 29.6. The topological polar surface area (TPSA) is 106 Å². The second-order valence-corrected chi connectivity index (χ2v) is 14.1. The number of esters is 1. The number of benzene rings is 1. The van der Waals surface area contributed by atoms with Crippen LogP contribution in [0.1, 0.15) is 92.0 Å². The molecule has 2 heterocycles. The minimum atomic E-state index is -0.898. The molecule has 0 bridgehead atoms. The summed E-state index contributed by atoms with van der Waals surface area (Å²) in [6.45, 7) is 6.04. The Bertz CT molecular complexity index is 1600. The van der Waals surface area contributed by atoms with Crippen molar-refractivity contribution in [1.82, 2.24) is 15.2 Å². The van der Waals surface area contributed by atoms with E-state index in [-0.39, 0.29) is 28.1 Å². The van der Waals surface area contributed by atoms with E-state index in [9.17, 15) is 19.2 Å². The van der Waals surface area contributed by atoms with Crippen LogP contribution in [0.5, 0.6) is 0 Å². The second kappa shape index (κ2) is 11.1. The van der Waals surface area contributed by atoms with Crippen LogP contribution in [0.4, 0.5) is 0 Å². The van der Waals surface area contributed by atoms with Gasteiger partial charge in [0.15, 0.2) is 0 Å². The van der Waals surface area contributed by atoms with E-state index in [1.807, 2.05) is 18.5 Å². The number of hydrogen-bond donors (Lipinski definition) is 1. The van der Waals surface area contributed by atoms with Gasteiger partial charge in [-0.15, -0.1) is 0 Å². The number of carbonyl (C=O) groups is 4. The molecule has 8 heteroatoms. The molecule has 234 valence electrons. The Balaban J connectivity index is 0.957. The van der Waals surface area contributed by atoms with E-state index >= 15 is 0 Å². The van der Waals surface area contributed by atoms with Gasteiger partial charge in [0.2, 0.25) is 5.91 Å². The number of fused-ring (bicyclic) bond motifs is 6. The fourth-order valence-electron chi connectivity index (χ4n) is 9.40. The lowest BCUT2D eigenvalue weighted by atomic mass is 9.47. The summed E-state index contributed by atoms with van der Waals surface area (Å²) in [5, 5.41) is 2.62. The first-order valence-electron chi connectivity index (χ1n) is 16.4. The summed E-state index contributed by atoms with van der Waals surface area (Å²) >= 11 is 0. The third-order valence-corrected chi connectivity index (χ3v) is 11.8. The molecule has 2 aromatic rings. The standard InChI is InChI=1S/C37H41N3O5/c1-22(39-32(41)21-40-33(42)26-8-4-5-9-27(26)34(40)43)35(44)45-25-14-16-36(2)24(19-25)10-11-28-30-13-12-29(23-7-6-18-38-20-23)37(30,3)17-15-31(28)36/h4-10,12,18,20,22,25,28,30-31H,11,13-17,19,21H2,1-3H3,(H,39,41)/t22-,25-,28-,30-,31-,36-,37+/m0/s1. The molecule has 0 saturated heterocycles. The highest BCUT2D eigenvalue weighted by Crippen LogP contribution is 2.66. The van der Waals surface area contributed by atoms with Crippen molar-refractivity contribution in [3.05, 3.63) is 83.2 Å². The average Bonchev–Trinajstić information content (AvgIpc) is 3.51. The molecule has 1 aromatic heterocycles. The van der Waals surface area contributed by atoms with Crippen LogP contribution in [-0.4, -0.2) is 52.3 Å². The Morgan fingerprint density at radius 1 is 0.978 bits per heavy atom.